The molecule has 0 saturated carbocycles. The summed E-state index contributed by atoms with van der Waals surface area (Å²) >= 11 is 1.40. The van der Waals surface area contributed by atoms with Gasteiger partial charge in [0, 0.05) is 28.9 Å². The molecule has 0 aliphatic rings. The quantitative estimate of drug-likeness (QED) is 0.699. The summed E-state index contributed by atoms with van der Waals surface area (Å²) in [6.45, 7) is 5.95. The van der Waals surface area contributed by atoms with E-state index in [1.54, 1.807) is 12.1 Å². The highest BCUT2D eigenvalue weighted by atomic mass is 32.1. The molecule has 0 saturated heterocycles. The van der Waals surface area contributed by atoms with Crippen LogP contribution in [0.4, 0.5) is 5.69 Å². The van der Waals surface area contributed by atoms with Gasteiger partial charge in [-0.25, -0.2) is 4.98 Å². The summed E-state index contributed by atoms with van der Waals surface area (Å²) < 4.78 is 16.0. The number of ether oxygens (including phenoxy) is 3. The average Bonchev–Trinajstić information content (AvgIpc) is 2.97. The Bertz CT molecular complexity index is 1000. The molecular formula is C20H22N2O4S. The third kappa shape index (κ3) is 3.42. The second-order valence-corrected chi connectivity index (χ2v) is 7.18. The first-order valence-electron chi connectivity index (χ1n) is 8.38. The lowest BCUT2D eigenvalue weighted by molar-refractivity contribution is 0.103. The van der Waals surface area contributed by atoms with Gasteiger partial charge in [-0.2, -0.15) is 0 Å². The zero-order valence-corrected chi connectivity index (χ0v) is 17.0. The Morgan fingerprint density at radius 1 is 1.00 bits per heavy atom. The molecule has 2 aromatic heterocycles. The number of hydrogen-bond donors (Lipinski definition) is 1. The molecule has 0 bridgehead atoms. The number of carbonyl (C=O) groups is 1. The van der Waals surface area contributed by atoms with Crippen LogP contribution in [0.15, 0.2) is 18.2 Å². The Morgan fingerprint density at radius 2 is 1.63 bits per heavy atom. The van der Waals surface area contributed by atoms with E-state index in [2.05, 4.69) is 10.3 Å². The highest BCUT2D eigenvalue weighted by molar-refractivity contribution is 7.20. The molecule has 0 spiro atoms. The summed E-state index contributed by atoms with van der Waals surface area (Å²) in [4.78, 5) is 19.0. The van der Waals surface area contributed by atoms with E-state index in [0.717, 1.165) is 27.0 Å². The molecule has 0 atom stereocenters. The molecule has 1 N–H and O–H groups in total. The Kier molecular flexibility index (Phi) is 5.23. The van der Waals surface area contributed by atoms with Gasteiger partial charge in [-0.1, -0.05) is 0 Å². The summed E-state index contributed by atoms with van der Waals surface area (Å²) in [7, 11) is 4.61. The number of pyridine rings is 1. The summed E-state index contributed by atoms with van der Waals surface area (Å²) in [5.74, 6) is 1.25. The molecule has 1 aromatic carbocycles. The van der Waals surface area contributed by atoms with Crippen LogP contribution >= 0.6 is 11.3 Å². The maximum absolute atomic E-state index is 12.9. The van der Waals surface area contributed by atoms with Crippen LogP contribution in [0.2, 0.25) is 0 Å². The van der Waals surface area contributed by atoms with E-state index >= 15 is 0 Å². The van der Waals surface area contributed by atoms with E-state index in [-0.39, 0.29) is 5.91 Å². The maximum atomic E-state index is 12.9. The van der Waals surface area contributed by atoms with Crippen LogP contribution in [0.25, 0.3) is 10.2 Å². The van der Waals surface area contributed by atoms with Crippen molar-refractivity contribution >= 4 is 33.1 Å². The maximum Gasteiger partial charge on any atom is 0.266 e. The number of rotatable bonds is 5. The van der Waals surface area contributed by atoms with Gasteiger partial charge in [0.1, 0.15) is 4.83 Å². The Hall–Kier alpha value is -2.80. The smallest absolute Gasteiger partial charge is 0.266 e. The second kappa shape index (κ2) is 7.44. The summed E-state index contributed by atoms with van der Waals surface area (Å²) in [6, 6.07) is 5.44. The lowest BCUT2D eigenvalue weighted by Crippen LogP contribution is -2.12. The van der Waals surface area contributed by atoms with Crippen molar-refractivity contribution in [3.63, 3.8) is 0 Å². The Morgan fingerprint density at radius 3 is 2.19 bits per heavy atom. The topological polar surface area (TPSA) is 69.7 Å². The first kappa shape index (κ1) is 19.0. The van der Waals surface area contributed by atoms with Crippen LogP contribution in [0.5, 0.6) is 17.2 Å². The van der Waals surface area contributed by atoms with E-state index in [1.165, 1.54) is 32.7 Å². The van der Waals surface area contributed by atoms with Gasteiger partial charge >= 0.3 is 0 Å². The molecular weight excluding hydrogens is 364 g/mol. The molecule has 0 fully saturated rings. The van der Waals surface area contributed by atoms with Crippen molar-refractivity contribution in [3.05, 3.63) is 39.9 Å². The second-order valence-electron chi connectivity index (χ2n) is 6.19. The SMILES string of the molecule is COc1cc(NC(=O)c2sc3nc(C)cc(C)c3c2C)cc(OC)c1OC. The third-order valence-electron chi connectivity index (χ3n) is 4.35. The molecule has 6 nitrogen and oxygen atoms in total. The number of aromatic nitrogens is 1. The van der Waals surface area contributed by atoms with Gasteiger partial charge in [-0.05, 0) is 38.0 Å². The Balaban J connectivity index is 2.00. The van der Waals surface area contributed by atoms with Crippen molar-refractivity contribution in [2.24, 2.45) is 0 Å². The fourth-order valence-electron chi connectivity index (χ4n) is 3.18. The number of aryl methyl sites for hydroxylation is 3. The molecule has 0 aliphatic heterocycles. The molecule has 7 heteroatoms. The Labute approximate surface area is 162 Å². The average molecular weight is 386 g/mol. The number of anilines is 1. The molecule has 142 valence electrons. The van der Waals surface area contributed by atoms with Crippen LogP contribution in [0.3, 0.4) is 0 Å². The largest absolute Gasteiger partial charge is 0.493 e. The lowest BCUT2D eigenvalue weighted by atomic mass is 10.1. The first-order valence-corrected chi connectivity index (χ1v) is 9.20. The number of nitrogens with zero attached hydrogens (tertiary/aromatic N) is 1. The fourth-order valence-corrected chi connectivity index (χ4v) is 4.38. The van der Waals surface area contributed by atoms with Crippen LogP contribution in [-0.2, 0) is 0 Å². The zero-order valence-electron chi connectivity index (χ0n) is 16.2. The number of fused-ring (bicyclic) bond motifs is 1. The van der Waals surface area contributed by atoms with Crippen molar-refractivity contribution in [1.29, 1.82) is 0 Å². The van der Waals surface area contributed by atoms with Crippen molar-refractivity contribution in [2.75, 3.05) is 26.6 Å². The predicted octanol–water partition coefficient (Wildman–Crippen LogP) is 4.50. The fraction of sp³-hybridized carbons (Fsp3) is 0.300. The molecule has 1 amide bonds. The van der Waals surface area contributed by atoms with Crippen molar-refractivity contribution in [1.82, 2.24) is 4.98 Å². The minimum Gasteiger partial charge on any atom is -0.493 e. The van der Waals surface area contributed by atoms with Gasteiger partial charge in [0.15, 0.2) is 11.5 Å². The number of thiophene rings is 1. The van der Waals surface area contributed by atoms with Gasteiger partial charge in [0.05, 0.1) is 26.2 Å². The van der Waals surface area contributed by atoms with Gasteiger partial charge in [-0.3, -0.25) is 4.79 Å². The number of methoxy groups -OCH3 is 3. The van der Waals surface area contributed by atoms with Crippen LogP contribution in [0.1, 0.15) is 26.5 Å². The third-order valence-corrected chi connectivity index (χ3v) is 5.54. The number of benzene rings is 1. The van der Waals surface area contributed by atoms with E-state index in [4.69, 9.17) is 14.2 Å². The van der Waals surface area contributed by atoms with Gasteiger partial charge in [-0.15, -0.1) is 11.3 Å². The van der Waals surface area contributed by atoms with E-state index in [9.17, 15) is 4.79 Å². The predicted molar refractivity (Wildman–Crippen MR) is 108 cm³/mol. The van der Waals surface area contributed by atoms with Gasteiger partial charge < -0.3 is 19.5 Å². The first-order chi connectivity index (χ1) is 12.9. The van der Waals surface area contributed by atoms with Crippen molar-refractivity contribution < 1.29 is 19.0 Å². The number of amides is 1. The van der Waals surface area contributed by atoms with Gasteiger partial charge in [0.25, 0.3) is 5.91 Å². The monoisotopic (exact) mass is 386 g/mol. The minimum absolute atomic E-state index is 0.193. The summed E-state index contributed by atoms with van der Waals surface area (Å²) in [5, 5.41) is 3.97. The minimum atomic E-state index is -0.193. The lowest BCUT2D eigenvalue weighted by Gasteiger charge is -2.14. The van der Waals surface area contributed by atoms with Crippen molar-refractivity contribution in [3.8, 4) is 17.2 Å². The van der Waals surface area contributed by atoms with Crippen LogP contribution < -0.4 is 19.5 Å². The van der Waals surface area contributed by atoms with Crippen LogP contribution in [-0.4, -0.2) is 32.2 Å². The molecule has 27 heavy (non-hydrogen) atoms. The molecule has 3 aromatic rings. The highest BCUT2D eigenvalue weighted by Crippen LogP contribution is 2.40. The van der Waals surface area contributed by atoms with Crippen molar-refractivity contribution in [2.45, 2.75) is 20.8 Å². The molecule has 2 heterocycles. The summed E-state index contributed by atoms with van der Waals surface area (Å²) in [5.41, 5.74) is 3.56. The molecule has 0 unspecified atom stereocenters. The number of hydrogen-bond acceptors (Lipinski definition) is 6. The molecule has 3 rings (SSSR count). The van der Waals surface area contributed by atoms with E-state index in [1.807, 2.05) is 26.8 Å². The summed E-state index contributed by atoms with van der Waals surface area (Å²) in [6.07, 6.45) is 0. The normalized spacial score (nSPS) is 10.7. The highest BCUT2D eigenvalue weighted by Gasteiger charge is 2.20. The zero-order chi connectivity index (χ0) is 19.7. The standard InChI is InChI=1S/C20H22N2O4S/c1-10-7-11(2)21-20-16(10)12(3)18(27-20)19(23)22-13-8-14(24-4)17(26-6)15(9-13)25-5/h7-9H,1-6H3,(H,22,23). The number of carbonyl (C=O) groups excluding carboxylic acids is 1. The van der Waals surface area contributed by atoms with E-state index < -0.39 is 0 Å². The van der Waals surface area contributed by atoms with Crippen LogP contribution in [0, 0.1) is 20.8 Å². The molecule has 0 radical (unpaired) electrons. The van der Waals surface area contributed by atoms with Gasteiger partial charge in [0.2, 0.25) is 5.75 Å². The molecule has 0 aliphatic carbocycles. The van der Waals surface area contributed by atoms with E-state index in [0.29, 0.717) is 27.8 Å². The number of nitrogens with one attached hydrogen (secondary N) is 1.